The number of aromatic nitrogens is 1. The van der Waals surface area contributed by atoms with Gasteiger partial charge in [-0.25, -0.2) is 4.98 Å². The van der Waals surface area contributed by atoms with E-state index in [0.717, 1.165) is 17.3 Å². The average Bonchev–Trinajstić information content (AvgIpc) is 2.55. The van der Waals surface area contributed by atoms with Gasteiger partial charge in [0.05, 0.1) is 11.1 Å². The number of fused-ring (bicyclic) bond motifs is 1. The smallest absolute Gasteiger partial charge is 0.219 e. The van der Waals surface area contributed by atoms with E-state index in [1.807, 2.05) is 19.1 Å². The van der Waals surface area contributed by atoms with Crippen molar-refractivity contribution in [3.8, 4) is 6.07 Å². The van der Waals surface area contributed by atoms with E-state index in [1.54, 1.807) is 0 Å². The van der Waals surface area contributed by atoms with E-state index in [1.165, 1.54) is 11.1 Å². The highest BCUT2D eigenvalue weighted by Crippen LogP contribution is 2.23. The van der Waals surface area contributed by atoms with E-state index in [-0.39, 0.29) is 5.91 Å². The van der Waals surface area contributed by atoms with Crippen LogP contribution in [0.5, 0.6) is 0 Å². The van der Waals surface area contributed by atoms with E-state index < -0.39 is 0 Å². The van der Waals surface area contributed by atoms with Gasteiger partial charge < -0.3 is 10.6 Å². The average molecular weight is 310 g/mol. The Bertz CT molecular complexity index is 762. The van der Waals surface area contributed by atoms with E-state index in [9.17, 15) is 10.1 Å². The summed E-state index contributed by atoms with van der Waals surface area (Å²) in [5.41, 5.74) is 3.80. The molecule has 0 radical (unpaired) electrons. The number of hydrogen-bond donors (Lipinski definition) is 2. The number of nitrogens with one attached hydrogen (secondary N) is 2. The van der Waals surface area contributed by atoms with Crippen LogP contribution in [-0.4, -0.2) is 24.0 Å². The summed E-state index contributed by atoms with van der Waals surface area (Å²) in [6.45, 7) is 7.21. The molecule has 1 amide bonds. The maximum Gasteiger partial charge on any atom is 0.219 e. The summed E-state index contributed by atoms with van der Waals surface area (Å²) in [5.74, 6) is 0.655. The predicted molar refractivity (Wildman–Crippen MR) is 92.3 cm³/mol. The lowest BCUT2D eigenvalue weighted by Crippen LogP contribution is -2.24. The number of benzene rings is 1. The summed E-state index contributed by atoms with van der Waals surface area (Å²) in [6, 6.07) is 8.16. The van der Waals surface area contributed by atoms with Gasteiger partial charge in [0.2, 0.25) is 5.91 Å². The van der Waals surface area contributed by atoms with Gasteiger partial charge in [0.15, 0.2) is 0 Å². The number of carbonyl (C=O) groups is 1. The Hall–Kier alpha value is -2.61. The molecule has 0 fully saturated rings. The number of carbonyl (C=O) groups excluding carboxylic acids is 1. The first-order chi connectivity index (χ1) is 11.0. The fraction of sp³-hybridized carbons (Fsp3) is 0.389. The van der Waals surface area contributed by atoms with Crippen LogP contribution in [0.4, 0.5) is 5.82 Å². The third kappa shape index (κ3) is 4.19. The number of hydrogen-bond acceptors (Lipinski definition) is 4. The summed E-state index contributed by atoms with van der Waals surface area (Å²) in [4.78, 5) is 15.7. The van der Waals surface area contributed by atoms with Gasteiger partial charge in [0, 0.05) is 24.9 Å². The number of pyridine rings is 1. The van der Waals surface area contributed by atoms with Crippen LogP contribution in [0.15, 0.2) is 18.2 Å². The third-order valence-corrected chi connectivity index (χ3v) is 3.84. The maximum absolute atomic E-state index is 11.2. The number of nitriles is 1. The van der Waals surface area contributed by atoms with E-state index in [2.05, 4.69) is 41.6 Å². The summed E-state index contributed by atoms with van der Waals surface area (Å²) in [6.07, 6.45) is 1.28. The van der Waals surface area contributed by atoms with Gasteiger partial charge in [-0.15, -0.1) is 0 Å². The molecule has 2 aromatic rings. The van der Waals surface area contributed by atoms with Crippen LogP contribution in [0, 0.1) is 25.2 Å². The first-order valence-corrected chi connectivity index (χ1v) is 7.87. The number of amides is 1. The van der Waals surface area contributed by atoms with Crippen molar-refractivity contribution in [2.45, 2.75) is 33.6 Å². The van der Waals surface area contributed by atoms with E-state index in [4.69, 9.17) is 0 Å². The van der Waals surface area contributed by atoms with Crippen LogP contribution in [0.3, 0.4) is 0 Å². The Labute approximate surface area is 136 Å². The van der Waals surface area contributed by atoms with Gasteiger partial charge in [-0.05, 0) is 49.6 Å². The fourth-order valence-electron chi connectivity index (χ4n) is 2.31. The zero-order valence-electron chi connectivity index (χ0n) is 13.9. The molecule has 1 heterocycles. The minimum atomic E-state index is 0.0531. The van der Waals surface area contributed by atoms with E-state index >= 15 is 0 Å². The molecule has 0 saturated carbocycles. The van der Waals surface area contributed by atoms with Gasteiger partial charge in [-0.2, -0.15) is 5.26 Å². The minimum Gasteiger partial charge on any atom is -0.369 e. The first-order valence-electron chi connectivity index (χ1n) is 7.87. The van der Waals surface area contributed by atoms with Crippen molar-refractivity contribution in [3.05, 3.63) is 34.9 Å². The summed E-state index contributed by atoms with van der Waals surface area (Å²) < 4.78 is 0. The molecule has 0 aliphatic carbocycles. The van der Waals surface area contributed by atoms with Crippen molar-refractivity contribution in [2.75, 3.05) is 18.4 Å². The molecule has 23 heavy (non-hydrogen) atoms. The minimum absolute atomic E-state index is 0.0531. The second kappa shape index (κ2) is 7.59. The number of rotatable bonds is 6. The molecule has 0 spiro atoms. The standard InChI is InChI=1S/C18H22N4O/c1-4-17(23)20-6-5-7-21-18-15(11-19)10-14-8-12(2)13(3)9-16(14)22-18/h8-10H,4-7H2,1-3H3,(H,20,23)(H,21,22). The monoisotopic (exact) mass is 310 g/mol. The molecule has 2 rings (SSSR count). The molecule has 2 N–H and O–H groups in total. The topological polar surface area (TPSA) is 77.8 Å². The zero-order chi connectivity index (χ0) is 16.8. The molecule has 0 aliphatic rings. The highest BCUT2D eigenvalue weighted by molar-refractivity contribution is 5.84. The quantitative estimate of drug-likeness (QED) is 0.804. The summed E-state index contributed by atoms with van der Waals surface area (Å²) >= 11 is 0. The Morgan fingerprint density at radius 2 is 1.96 bits per heavy atom. The Kier molecular flexibility index (Phi) is 5.53. The Morgan fingerprint density at radius 3 is 2.65 bits per heavy atom. The molecule has 1 aromatic carbocycles. The number of nitrogens with zero attached hydrogens (tertiary/aromatic N) is 2. The molecule has 0 unspecified atom stereocenters. The molecule has 0 aliphatic heterocycles. The number of anilines is 1. The Balaban J connectivity index is 2.09. The van der Waals surface area contributed by atoms with Crippen molar-refractivity contribution in [3.63, 3.8) is 0 Å². The Morgan fingerprint density at radius 1 is 1.22 bits per heavy atom. The van der Waals surface area contributed by atoms with Crippen LogP contribution >= 0.6 is 0 Å². The van der Waals surface area contributed by atoms with Crippen LogP contribution < -0.4 is 10.6 Å². The molecular weight excluding hydrogens is 288 g/mol. The molecule has 1 aromatic heterocycles. The van der Waals surface area contributed by atoms with Crippen LogP contribution in [0.25, 0.3) is 10.9 Å². The lowest BCUT2D eigenvalue weighted by molar-refractivity contribution is -0.120. The lowest BCUT2D eigenvalue weighted by atomic mass is 10.0. The molecular formula is C18H22N4O. The van der Waals surface area contributed by atoms with Crippen LogP contribution in [-0.2, 0) is 4.79 Å². The van der Waals surface area contributed by atoms with Crippen molar-refractivity contribution in [1.82, 2.24) is 10.3 Å². The van der Waals surface area contributed by atoms with E-state index in [0.29, 0.717) is 30.9 Å². The zero-order valence-corrected chi connectivity index (χ0v) is 13.9. The van der Waals surface area contributed by atoms with Crippen LogP contribution in [0.1, 0.15) is 36.5 Å². The van der Waals surface area contributed by atoms with Crippen molar-refractivity contribution >= 4 is 22.6 Å². The number of aryl methyl sites for hydroxylation is 2. The second-order valence-corrected chi connectivity index (χ2v) is 5.61. The first kappa shape index (κ1) is 16.8. The lowest BCUT2D eigenvalue weighted by Gasteiger charge is -2.10. The van der Waals surface area contributed by atoms with Gasteiger partial charge in [-0.3, -0.25) is 4.79 Å². The van der Waals surface area contributed by atoms with Crippen molar-refractivity contribution in [1.29, 1.82) is 5.26 Å². The summed E-state index contributed by atoms with van der Waals surface area (Å²) in [5, 5.41) is 16.3. The van der Waals surface area contributed by atoms with Gasteiger partial charge in [0.25, 0.3) is 0 Å². The highest BCUT2D eigenvalue weighted by atomic mass is 16.1. The molecule has 0 bridgehead atoms. The predicted octanol–water partition coefficient (Wildman–Crippen LogP) is 3.05. The van der Waals surface area contributed by atoms with Gasteiger partial charge >= 0.3 is 0 Å². The molecule has 5 heteroatoms. The fourth-order valence-corrected chi connectivity index (χ4v) is 2.31. The largest absolute Gasteiger partial charge is 0.369 e. The normalized spacial score (nSPS) is 10.3. The van der Waals surface area contributed by atoms with Gasteiger partial charge in [-0.1, -0.05) is 6.92 Å². The second-order valence-electron chi connectivity index (χ2n) is 5.61. The molecule has 5 nitrogen and oxygen atoms in total. The molecule has 0 atom stereocenters. The maximum atomic E-state index is 11.2. The van der Waals surface area contributed by atoms with Crippen LogP contribution in [0.2, 0.25) is 0 Å². The highest BCUT2D eigenvalue weighted by Gasteiger charge is 2.08. The molecule has 0 saturated heterocycles. The van der Waals surface area contributed by atoms with Crippen molar-refractivity contribution < 1.29 is 4.79 Å². The molecule has 120 valence electrons. The summed E-state index contributed by atoms with van der Waals surface area (Å²) in [7, 11) is 0. The third-order valence-electron chi connectivity index (χ3n) is 3.84. The SMILES string of the molecule is CCC(=O)NCCCNc1nc2cc(C)c(C)cc2cc1C#N. The van der Waals surface area contributed by atoms with Gasteiger partial charge in [0.1, 0.15) is 11.9 Å². The van der Waals surface area contributed by atoms with Crippen molar-refractivity contribution in [2.24, 2.45) is 0 Å².